The molecule has 1 heterocycles. The number of hydrogen-bond acceptors (Lipinski definition) is 6. The van der Waals surface area contributed by atoms with Crippen molar-refractivity contribution in [3.63, 3.8) is 0 Å². The largest absolute Gasteiger partial charge is 0.491 e. The Kier molecular flexibility index (Phi) is 4.99. The summed E-state index contributed by atoms with van der Waals surface area (Å²) in [5.74, 6) is 0.233. The highest BCUT2D eigenvalue weighted by atomic mass is 32.2. The highest BCUT2D eigenvalue weighted by Crippen LogP contribution is 2.42. The number of fused-ring (bicyclic) bond motifs is 1. The lowest BCUT2D eigenvalue weighted by Gasteiger charge is -2.22. The Bertz CT molecular complexity index is 555. The van der Waals surface area contributed by atoms with Crippen molar-refractivity contribution in [3.05, 3.63) is 17.2 Å². The minimum atomic E-state index is -0.395. The van der Waals surface area contributed by atoms with Crippen LogP contribution in [0.5, 0.6) is 5.75 Å². The van der Waals surface area contributed by atoms with Crippen LogP contribution >= 0.6 is 23.5 Å². The second kappa shape index (κ2) is 6.54. The predicted molar refractivity (Wildman–Crippen MR) is 80.4 cm³/mol. The molecular formula is C14H16O4S2. The molecule has 0 N–H and O–H groups in total. The van der Waals surface area contributed by atoms with Crippen molar-refractivity contribution >= 4 is 35.3 Å². The Morgan fingerprint density at radius 3 is 2.75 bits per heavy atom. The maximum atomic E-state index is 12.2. The quantitative estimate of drug-likeness (QED) is 0.628. The zero-order valence-electron chi connectivity index (χ0n) is 11.6. The standard InChI is InChI=1S/C14H16O4S2/c1-4-17-14(16)8-7-10(19-2)12-11(13(8)20-3)9(15)5-6-18-12/h7H,4-6H2,1-3H3. The van der Waals surface area contributed by atoms with Gasteiger partial charge >= 0.3 is 5.97 Å². The van der Waals surface area contributed by atoms with Crippen LogP contribution in [-0.2, 0) is 4.74 Å². The summed E-state index contributed by atoms with van der Waals surface area (Å²) in [7, 11) is 0. The van der Waals surface area contributed by atoms with E-state index in [1.807, 2.05) is 12.5 Å². The van der Waals surface area contributed by atoms with Crippen LogP contribution in [0.15, 0.2) is 15.9 Å². The van der Waals surface area contributed by atoms with E-state index < -0.39 is 5.97 Å². The summed E-state index contributed by atoms with van der Waals surface area (Å²) in [6, 6.07) is 1.76. The van der Waals surface area contributed by atoms with Gasteiger partial charge in [0.2, 0.25) is 0 Å². The van der Waals surface area contributed by atoms with Crippen molar-refractivity contribution in [1.82, 2.24) is 0 Å². The molecule has 0 aliphatic carbocycles. The maximum absolute atomic E-state index is 12.2. The molecule has 1 aliphatic rings. The molecular weight excluding hydrogens is 296 g/mol. The molecule has 0 amide bonds. The lowest BCUT2D eigenvalue weighted by atomic mass is 10.0. The van der Waals surface area contributed by atoms with Crippen LogP contribution in [0.1, 0.15) is 34.1 Å². The van der Waals surface area contributed by atoms with Gasteiger partial charge in [0.15, 0.2) is 5.78 Å². The molecule has 0 spiro atoms. The van der Waals surface area contributed by atoms with Gasteiger partial charge in [-0.25, -0.2) is 4.79 Å². The molecule has 0 bridgehead atoms. The maximum Gasteiger partial charge on any atom is 0.339 e. The summed E-state index contributed by atoms with van der Waals surface area (Å²) in [5, 5.41) is 0. The number of rotatable bonds is 4. The number of thioether (sulfide) groups is 2. The highest BCUT2D eigenvalue weighted by molar-refractivity contribution is 7.99. The second-order valence-corrected chi connectivity index (χ2v) is 5.77. The van der Waals surface area contributed by atoms with Crippen LogP contribution in [0, 0.1) is 0 Å². The van der Waals surface area contributed by atoms with Crippen molar-refractivity contribution in [3.8, 4) is 5.75 Å². The van der Waals surface area contributed by atoms with Crippen LogP contribution in [-0.4, -0.2) is 37.5 Å². The molecule has 108 valence electrons. The third kappa shape index (κ3) is 2.67. The van der Waals surface area contributed by atoms with Crippen molar-refractivity contribution in [2.24, 2.45) is 0 Å². The molecule has 0 radical (unpaired) electrons. The topological polar surface area (TPSA) is 52.6 Å². The van der Waals surface area contributed by atoms with Crippen LogP contribution in [0.25, 0.3) is 0 Å². The number of ketones is 1. The van der Waals surface area contributed by atoms with Gasteiger partial charge in [0, 0.05) is 11.3 Å². The van der Waals surface area contributed by atoms with E-state index in [9.17, 15) is 9.59 Å². The first-order chi connectivity index (χ1) is 9.63. The fraction of sp³-hybridized carbons (Fsp3) is 0.429. The molecule has 4 nitrogen and oxygen atoms in total. The molecule has 1 aromatic carbocycles. The summed E-state index contributed by atoms with van der Waals surface area (Å²) in [4.78, 5) is 25.8. The number of carbonyl (C=O) groups is 2. The monoisotopic (exact) mass is 312 g/mol. The molecule has 0 saturated carbocycles. The van der Waals surface area contributed by atoms with E-state index in [0.717, 1.165) is 4.90 Å². The van der Waals surface area contributed by atoms with Gasteiger partial charge < -0.3 is 9.47 Å². The van der Waals surface area contributed by atoms with Gasteiger partial charge in [0.25, 0.3) is 0 Å². The first kappa shape index (κ1) is 15.3. The zero-order valence-corrected chi connectivity index (χ0v) is 13.3. The van der Waals surface area contributed by atoms with E-state index in [2.05, 4.69) is 0 Å². The van der Waals surface area contributed by atoms with Crippen LogP contribution < -0.4 is 4.74 Å². The SMILES string of the molecule is CCOC(=O)c1cc(SC)c2c(c1SC)C(=O)CCO2. The molecule has 20 heavy (non-hydrogen) atoms. The van der Waals surface area contributed by atoms with Crippen molar-refractivity contribution < 1.29 is 19.1 Å². The van der Waals surface area contributed by atoms with Gasteiger partial charge in [-0.2, -0.15) is 0 Å². The Hall–Kier alpha value is -1.14. The van der Waals surface area contributed by atoms with E-state index in [-0.39, 0.29) is 5.78 Å². The third-order valence-corrected chi connectivity index (χ3v) is 4.55. The predicted octanol–water partition coefficient (Wildman–Crippen LogP) is 3.27. The van der Waals surface area contributed by atoms with E-state index in [1.165, 1.54) is 23.5 Å². The molecule has 0 fully saturated rings. The van der Waals surface area contributed by atoms with Crippen LogP contribution in [0.3, 0.4) is 0 Å². The van der Waals surface area contributed by atoms with Crippen molar-refractivity contribution in [2.45, 2.75) is 23.1 Å². The summed E-state index contributed by atoms with van der Waals surface area (Å²) in [6.45, 7) is 2.47. The van der Waals surface area contributed by atoms with Crippen LogP contribution in [0.2, 0.25) is 0 Å². The molecule has 0 atom stereocenters. The highest BCUT2D eigenvalue weighted by Gasteiger charge is 2.29. The van der Waals surface area contributed by atoms with E-state index >= 15 is 0 Å². The first-order valence-corrected chi connectivity index (χ1v) is 8.71. The summed E-state index contributed by atoms with van der Waals surface area (Å²) < 4.78 is 10.7. The number of Topliss-reactive ketones (excluding diaryl/α,β-unsaturated/α-hetero) is 1. The number of hydrogen-bond donors (Lipinski definition) is 0. The van der Waals surface area contributed by atoms with Gasteiger partial charge in [-0.1, -0.05) is 0 Å². The number of ether oxygens (including phenoxy) is 2. The lowest BCUT2D eigenvalue weighted by Crippen LogP contribution is -2.19. The Balaban J connectivity index is 2.67. The average Bonchev–Trinajstić information content (AvgIpc) is 2.46. The fourth-order valence-electron chi connectivity index (χ4n) is 2.11. The molecule has 2 rings (SSSR count). The molecule has 0 saturated heterocycles. The van der Waals surface area contributed by atoms with E-state index in [4.69, 9.17) is 9.47 Å². The Morgan fingerprint density at radius 2 is 2.15 bits per heavy atom. The molecule has 6 heteroatoms. The van der Waals surface area contributed by atoms with Gasteiger partial charge in [-0.15, -0.1) is 23.5 Å². The number of carbonyl (C=O) groups excluding carboxylic acids is 2. The second-order valence-electron chi connectivity index (χ2n) is 4.11. The smallest absolute Gasteiger partial charge is 0.339 e. The average molecular weight is 312 g/mol. The van der Waals surface area contributed by atoms with Crippen molar-refractivity contribution in [2.75, 3.05) is 25.7 Å². The number of benzene rings is 1. The van der Waals surface area contributed by atoms with E-state index in [0.29, 0.717) is 41.4 Å². The summed E-state index contributed by atoms with van der Waals surface area (Å²) in [5.41, 5.74) is 0.972. The molecule has 1 aliphatic heterocycles. The fourth-order valence-corrected chi connectivity index (χ4v) is 3.47. The summed E-state index contributed by atoms with van der Waals surface area (Å²) in [6.07, 6.45) is 4.09. The van der Waals surface area contributed by atoms with Gasteiger partial charge in [-0.3, -0.25) is 4.79 Å². The first-order valence-electron chi connectivity index (χ1n) is 6.26. The van der Waals surface area contributed by atoms with Crippen molar-refractivity contribution in [1.29, 1.82) is 0 Å². The zero-order chi connectivity index (χ0) is 14.7. The minimum Gasteiger partial charge on any atom is -0.491 e. The van der Waals surface area contributed by atoms with Gasteiger partial charge in [0.05, 0.1) is 29.2 Å². The molecule has 0 aromatic heterocycles. The third-order valence-electron chi connectivity index (χ3n) is 2.97. The van der Waals surface area contributed by atoms with Gasteiger partial charge in [0.1, 0.15) is 5.75 Å². The van der Waals surface area contributed by atoms with E-state index in [1.54, 1.807) is 13.0 Å². The van der Waals surface area contributed by atoms with Gasteiger partial charge in [-0.05, 0) is 25.5 Å². The minimum absolute atomic E-state index is 0.0250. The summed E-state index contributed by atoms with van der Waals surface area (Å²) >= 11 is 2.84. The Morgan fingerprint density at radius 1 is 1.40 bits per heavy atom. The van der Waals surface area contributed by atoms with Crippen LogP contribution in [0.4, 0.5) is 0 Å². The molecule has 0 unspecified atom stereocenters. The Labute approximate surface area is 126 Å². The molecule has 1 aromatic rings. The normalized spacial score (nSPS) is 13.7. The number of esters is 1. The lowest BCUT2D eigenvalue weighted by molar-refractivity contribution is 0.0521.